The fraction of sp³-hybridized carbons (Fsp3) is 0.364. The number of halogens is 4. The molecule has 2 aromatic carbocycles. The molecular weight excluding hydrogens is 536 g/mol. The van der Waals surface area contributed by atoms with Gasteiger partial charge < -0.3 is 20.7 Å². The van der Waals surface area contributed by atoms with E-state index in [2.05, 4.69) is 20.9 Å². The molecule has 32 heavy (non-hydrogen) atoms. The molecule has 1 aliphatic heterocycles. The Morgan fingerprint density at radius 1 is 1.19 bits per heavy atom. The SMILES string of the molecule is CCNC(=NCc1cccc(OCC(F)(F)F)c1)NCC1CC(=O)Nc2ccccc21.I. The van der Waals surface area contributed by atoms with Crippen LogP contribution in [0.15, 0.2) is 53.5 Å². The number of amides is 1. The second-order valence-corrected chi connectivity index (χ2v) is 7.16. The first-order valence-corrected chi connectivity index (χ1v) is 10.0. The van der Waals surface area contributed by atoms with Gasteiger partial charge in [0.15, 0.2) is 12.6 Å². The standard InChI is InChI=1S/C22H25F3N4O2.HI/c1-2-26-21(27-12-15-6-5-7-17(10-15)31-14-22(23,24)25)28-13-16-11-20(30)29-19-9-4-3-8-18(16)19;/h3-10,16H,2,11-14H2,1H3,(H,29,30)(H2,26,27,28);1H. The molecule has 0 saturated heterocycles. The second kappa shape index (κ2) is 11.9. The first-order valence-electron chi connectivity index (χ1n) is 10.0. The Morgan fingerprint density at radius 2 is 1.97 bits per heavy atom. The van der Waals surface area contributed by atoms with Gasteiger partial charge in [-0.25, -0.2) is 4.99 Å². The van der Waals surface area contributed by atoms with Gasteiger partial charge in [-0.05, 0) is 36.2 Å². The van der Waals surface area contributed by atoms with Crippen LogP contribution in [0, 0.1) is 0 Å². The minimum atomic E-state index is -4.38. The van der Waals surface area contributed by atoms with Gasteiger partial charge in [0.2, 0.25) is 5.91 Å². The Balaban J connectivity index is 0.00000363. The van der Waals surface area contributed by atoms with Gasteiger partial charge in [0.05, 0.1) is 6.54 Å². The normalized spacial score (nSPS) is 15.8. The van der Waals surface area contributed by atoms with Crippen LogP contribution >= 0.6 is 24.0 Å². The number of fused-ring (bicyclic) bond motifs is 1. The topological polar surface area (TPSA) is 74.8 Å². The summed E-state index contributed by atoms with van der Waals surface area (Å²) in [6.45, 7) is 2.03. The minimum absolute atomic E-state index is 0. The van der Waals surface area contributed by atoms with Crippen LogP contribution in [0.3, 0.4) is 0 Å². The third kappa shape index (κ3) is 7.88. The zero-order valence-electron chi connectivity index (χ0n) is 17.5. The Bertz CT molecular complexity index is 937. The molecular formula is C22H26F3IN4O2. The molecule has 3 rings (SSSR count). The molecule has 6 nitrogen and oxygen atoms in total. The number of rotatable bonds is 7. The molecule has 1 unspecified atom stereocenters. The molecule has 0 radical (unpaired) electrons. The van der Waals surface area contributed by atoms with E-state index in [4.69, 9.17) is 4.74 Å². The zero-order valence-corrected chi connectivity index (χ0v) is 19.9. The van der Waals surface area contributed by atoms with Gasteiger partial charge in [-0.2, -0.15) is 13.2 Å². The molecule has 0 saturated carbocycles. The molecule has 0 bridgehead atoms. The largest absolute Gasteiger partial charge is 0.484 e. The molecule has 1 atom stereocenters. The number of guanidine groups is 1. The summed E-state index contributed by atoms with van der Waals surface area (Å²) in [7, 11) is 0. The number of alkyl halides is 3. The number of hydrogen-bond acceptors (Lipinski definition) is 3. The predicted molar refractivity (Wildman–Crippen MR) is 129 cm³/mol. The van der Waals surface area contributed by atoms with Gasteiger partial charge in [0, 0.05) is 31.1 Å². The number of nitrogens with zero attached hydrogens (tertiary/aromatic N) is 1. The number of hydrogen-bond donors (Lipinski definition) is 3. The lowest BCUT2D eigenvalue weighted by Gasteiger charge is -2.26. The summed E-state index contributed by atoms with van der Waals surface area (Å²) in [5.74, 6) is 0.691. The summed E-state index contributed by atoms with van der Waals surface area (Å²) < 4.78 is 41.8. The lowest BCUT2D eigenvalue weighted by atomic mass is 9.90. The van der Waals surface area contributed by atoms with Crippen molar-refractivity contribution < 1.29 is 22.7 Å². The van der Waals surface area contributed by atoms with Crippen molar-refractivity contribution in [2.45, 2.75) is 32.0 Å². The second-order valence-electron chi connectivity index (χ2n) is 7.16. The fourth-order valence-electron chi connectivity index (χ4n) is 3.31. The first-order chi connectivity index (χ1) is 14.8. The quantitative estimate of drug-likeness (QED) is 0.266. The third-order valence-electron chi connectivity index (χ3n) is 4.69. The Labute approximate surface area is 202 Å². The van der Waals surface area contributed by atoms with Crippen LogP contribution in [0.25, 0.3) is 0 Å². The minimum Gasteiger partial charge on any atom is -0.484 e. The van der Waals surface area contributed by atoms with Crippen molar-refractivity contribution in [3.8, 4) is 5.75 Å². The van der Waals surface area contributed by atoms with Gasteiger partial charge in [-0.15, -0.1) is 24.0 Å². The van der Waals surface area contributed by atoms with E-state index < -0.39 is 12.8 Å². The fourth-order valence-corrected chi connectivity index (χ4v) is 3.31. The number of nitrogens with one attached hydrogen (secondary N) is 3. The summed E-state index contributed by atoms with van der Waals surface area (Å²) in [5.41, 5.74) is 2.61. The van der Waals surface area contributed by atoms with Gasteiger partial charge in [0.25, 0.3) is 0 Å². The molecule has 3 N–H and O–H groups in total. The summed E-state index contributed by atoms with van der Waals surface area (Å²) in [4.78, 5) is 16.5. The number of carbonyl (C=O) groups is 1. The van der Waals surface area contributed by atoms with E-state index in [1.807, 2.05) is 31.2 Å². The third-order valence-corrected chi connectivity index (χ3v) is 4.69. The number of anilines is 1. The van der Waals surface area contributed by atoms with E-state index in [-0.39, 0.29) is 48.1 Å². The first kappa shape index (κ1) is 25.8. The smallest absolute Gasteiger partial charge is 0.422 e. The van der Waals surface area contributed by atoms with Gasteiger partial charge in [0.1, 0.15) is 5.75 Å². The maximum absolute atomic E-state index is 12.3. The number of carbonyl (C=O) groups excluding carboxylic acids is 1. The van der Waals surface area contributed by atoms with Crippen molar-refractivity contribution in [3.63, 3.8) is 0 Å². The van der Waals surface area contributed by atoms with Crippen LogP contribution in [-0.4, -0.2) is 37.7 Å². The van der Waals surface area contributed by atoms with E-state index >= 15 is 0 Å². The molecule has 0 aromatic heterocycles. The van der Waals surface area contributed by atoms with E-state index in [1.54, 1.807) is 18.2 Å². The van der Waals surface area contributed by atoms with Crippen LogP contribution in [0.2, 0.25) is 0 Å². The van der Waals surface area contributed by atoms with Crippen molar-refractivity contribution >= 4 is 41.5 Å². The number of benzene rings is 2. The van der Waals surface area contributed by atoms with Crippen molar-refractivity contribution in [2.75, 3.05) is 25.0 Å². The predicted octanol–water partition coefficient (Wildman–Crippen LogP) is 4.43. The van der Waals surface area contributed by atoms with Crippen LogP contribution < -0.4 is 20.7 Å². The van der Waals surface area contributed by atoms with Crippen LogP contribution in [0.4, 0.5) is 18.9 Å². The Hall–Kier alpha value is -2.50. The number of ether oxygens (including phenoxy) is 1. The van der Waals surface area contributed by atoms with Crippen molar-refractivity contribution in [1.82, 2.24) is 10.6 Å². The van der Waals surface area contributed by atoms with E-state index in [9.17, 15) is 18.0 Å². The summed E-state index contributed by atoms with van der Waals surface area (Å²) >= 11 is 0. The Morgan fingerprint density at radius 3 is 2.72 bits per heavy atom. The Kier molecular flexibility index (Phi) is 9.60. The summed E-state index contributed by atoms with van der Waals surface area (Å²) in [6.07, 6.45) is -4.01. The maximum Gasteiger partial charge on any atom is 0.422 e. The van der Waals surface area contributed by atoms with E-state index in [0.717, 1.165) is 16.8 Å². The molecule has 174 valence electrons. The van der Waals surface area contributed by atoms with Gasteiger partial charge in [-0.3, -0.25) is 4.79 Å². The van der Waals surface area contributed by atoms with Gasteiger partial charge >= 0.3 is 6.18 Å². The molecule has 1 heterocycles. The molecule has 0 spiro atoms. The summed E-state index contributed by atoms with van der Waals surface area (Å²) in [6, 6.07) is 14.1. The number of para-hydroxylation sites is 1. The monoisotopic (exact) mass is 562 g/mol. The van der Waals surface area contributed by atoms with Gasteiger partial charge in [-0.1, -0.05) is 30.3 Å². The highest BCUT2D eigenvalue weighted by Crippen LogP contribution is 2.31. The maximum atomic E-state index is 12.3. The van der Waals surface area contributed by atoms with Crippen molar-refractivity contribution in [3.05, 3.63) is 59.7 Å². The highest BCUT2D eigenvalue weighted by molar-refractivity contribution is 14.0. The lowest BCUT2D eigenvalue weighted by Crippen LogP contribution is -2.40. The number of aliphatic imine (C=N–C) groups is 1. The molecule has 1 aliphatic rings. The highest BCUT2D eigenvalue weighted by atomic mass is 127. The molecule has 0 fully saturated rings. The average Bonchev–Trinajstić information content (AvgIpc) is 2.73. The average molecular weight is 562 g/mol. The molecule has 10 heteroatoms. The summed E-state index contributed by atoms with van der Waals surface area (Å²) in [5, 5.41) is 9.29. The van der Waals surface area contributed by atoms with Crippen molar-refractivity contribution in [2.24, 2.45) is 4.99 Å². The molecule has 1 amide bonds. The van der Waals surface area contributed by atoms with Crippen molar-refractivity contribution in [1.29, 1.82) is 0 Å². The van der Waals surface area contributed by atoms with E-state index in [1.165, 1.54) is 6.07 Å². The van der Waals surface area contributed by atoms with Crippen LogP contribution in [0.1, 0.15) is 30.4 Å². The zero-order chi connectivity index (χ0) is 22.3. The van der Waals surface area contributed by atoms with E-state index in [0.29, 0.717) is 25.5 Å². The molecule has 0 aliphatic carbocycles. The van der Waals surface area contributed by atoms with Crippen LogP contribution in [0.5, 0.6) is 5.75 Å². The highest BCUT2D eigenvalue weighted by Gasteiger charge is 2.28. The lowest BCUT2D eigenvalue weighted by molar-refractivity contribution is -0.153. The van der Waals surface area contributed by atoms with Crippen LogP contribution in [-0.2, 0) is 11.3 Å². The molecule has 2 aromatic rings.